The summed E-state index contributed by atoms with van der Waals surface area (Å²) in [7, 11) is 4.52. The van der Waals surface area contributed by atoms with E-state index in [4.69, 9.17) is 14.6 Å². The molecule has 0 unspecified atom stereocenters. The molecule has 2 aromatic carbocycles. The number of nitrogens with zero attached hydrogens (tertiary/aromatic N) is 2. The lowest BCUT2D eigenvalue weighted by molar-refractivity contribution is -0.140. The summed E-state index contributed by atoms with van der Waals surface area (Å²) in [5.74, 6) is 1.47. The number of carbonyl (C=O) groups is 2. The highest BCUT2D eigenvalue weighted by atomic mass is 79.9. The van der Waals surface area contributed by atoms with E-state index in [2.05, 4.69) is 20.7 Å². The van der Waals surface area contributed by atoms with Gasteiger partial charge in [-0.25, -0.2) is 5.01 Å². The second-order valence-electron chi connectivity index (χ2n) is 6.97. The Labute approximate surface area is 200 Å². The summed E-state index contributed by atoms with van der Waals surface area (Å²) in [6, 6.07) is 13.1. The van der Waals surface area contributed by atoms with Crippen molar-refractivity contribution in [1.82, 2.24) is 5.01 Å². The van der Waals surface area contributed by atoms with Crippen molar-refractivity contribution in [2.75, 3.05) is 32.8 Å². The van der Waals surface area contributed by atoms with Gasteiger partial charge in [-0.1, -0.05) is 40.2 Å². The van der Waals surface area contributed by atoms with E-state index >= 15 is 0 Å². The molecular formula is C23H25BrN2O5S. The van der Waals surface area contributed by atoms with Crippen molar-refractivity contribution < 1.29 is 23.8 Å². The molecule has 0 N–H and O–H groups in total. The summed E-state index contributed by atoms with van der Waals surface area (Å²) in [6.07, 6.45) is 0.804. The average molecular weight is 521 g/mol. The van der Waals surface area contributed by atoms with Crippen LogP contribution in [0, 0.1) is 0 Å². The van der Waals surface area contributed by atoms with Crippen molar-refractivity contribution in [3.8, 4) is 11.5 Å². The predicted molar refractivity (Wildman–Crippen MR) is 128 cm³/mol. The van der Waals surface area contributed by atoms with Crippen molar-refractivity contribution >= 4 is 45.3 Å². The molecule has 1 aliphatic heterocycles. The number of hydrogen-bond donors (Lipinski definition) is 0. The zero-order chi connectivity index (χ0) is 23.1. The number of halogens is 1. The van der Waals surface area contributed by atoms with Gasteiger partial charge in [0.05, 0.1) is 45.3 Å². The van der Waals surface area contributed by atoms with E-state index in [0.29, 0.717) is 23.7 Å². The number of para-hydroxylation sites is 1. The van der Waals surface area contributed by atoms with Crippen LogP contribution in [0.3, 0.4) is 0 Å². The summed E-state index contributed by atoms with van der Waals surface area (Å²) in [5.41, 5.74) is 2.60. The van der Waals surface area contributed by atoms with Crippen molar-refractivity contribution in [1.29, 1.82) is 0 Å². The van der Waals surface area contributed by atoms with E-state index in [1.165, 1.54) is 23.9 Å². The smallest absolute Gasteiger partial charge is 0.306 e. The van der Waals surface area contributed by atoms with Crippen LogP contribution < -0.4 is 9.47 Å². The molecule has 170 valence electrons. The number of esters is 1. The maximum Gasteiger partial charge on any atom is 0.306 e. The molecule has 0 spiro atoms. The molecule has 32 heavy (non-hydrogen) atoms. The summed E-state index contributed by atoms with van der Waals surface area (Å²) < 4.78 is 16.7. The highest BCUT2D eigenvalue weighted by Gasteiger charge is 2.35. The van der Waals surface area contributed by atoms with Crippen molar-refractivity contribution in [2.24, 2.45) is 5.10 Å². The fourth-order valence-electron chi connectivity index (χ4n) is 3.46. The van der Waals surface area contributed by atoms with E-state index < -0.39 is 0 Å². The van der Waals surface area contributed by atoms with Crippen LogP contribution in [0.5, 0.6) is 11.5 Å². The molecular weight excluding hydrogens is 496 g/mol. The van der Waals surface area contributed by atoms with Crippen LogP contribution in [0.1, 0.15) is 30.0 Å². The van der Waals surface area contributed by atoms with Crippen LogP contribution in [-0.4, -0.2) is 55.4 Å². The van der Waals surface area contributed by atoms with E-state index in [1.54, 1.807) is 14.2 Å². The van der Waals surface area contributed by atoms with Crippen LogP contribution >= 0.6 is 27.7 Å². The molecule has 0 saturated heterocycles. The molecule has 3 rings (SSSR count). The number of amides is 1. The van der Waals surface area contributed by atoms with Gasteiger partial charge in [-0.2, -0.15) is 16.9 Å². The summed E-state index contributed by atoms with van der Waals surface area (Å²) in [5, 5.41) is 6.22. The molecule has 0 aliphatic carbocycles. The second kappa shape index (κ2) is 11.4. The summed E-state index contributed by atoms with van der Waals surface area (Å²) in [6.45, 7) is 0. The maximum absolute atomic E-state index is 13.1. The first-order valence-electron chi connectivity index (χ1n) is 9.99. The lowest BCUT2D eigenvalue weighted by Crippen LogP contribution is -2.29. The zero-order valence-electron chi connectivity index (χ0n) is 18.2. The first kappa shape index (κ1) is 24.1. The van der Waals surface area contributed by atoms with Crippen LogP contribution in [0.15, 0.2) is 52.0 Å². The number of hydrazone groups is 1. The highest BCUT2D eigenvalue weighted by Crippen LogP contribution is 2.41. The second-order valence-corrected chi connectivity index (χ2v) is 8.99. The normalized spacial score (nSPS) is 15.3. The third kappa shape index (κ3) is 5.63. The summed E-state index contributed by atoms with van der Waals surface area (Å²) >= 11 is 4.83. The van der Waals surface area contributed by atoms with Gasteiger partial charge in [0, 0.05) is 22.2 Å². The van der Waals surface area contributed by atoms with Crippen molar-refractivity contribution in [3.63, 3.8) is 0 Å². The van der Waals surface area contributed by atoms with Gasteiger partial charge in [0.25, 0.3) is 5.91 Å². The third-order valence-electron chi connectivity index (χ3n) is 5.04. The quantitative estimate of drug-likeness (QED) is 0.359. The number of methoxy groups -OCH3 is 3. The molecule has 7 nitrogen and oxygen atoms in total. The molecule has 0 aromatic heterocycles. The van der Waals surface area contributed by atoms with E-state index in [0.717, 1.165) is 21.3 Å². The van der Waals surface area contributed by atoms with Crippen LogP contribution in [0.25, 0.3) is 0 Å². The fourth-order valence-corrected chi connectivity index (χ4v) is 4.48. The highest BCUT2D eigenvalue weighted by molar-refractivity contribution is 9.10. The Bertz CT molecular complexity index is 996. The standard InChI is InChI=1S/C23H25BrN2O5S/c1-29-20-6-4-5-17(23(20)31-3)19-13-18(15-7-9-16(24)10-8-15)25-26(19)21(27)14-32-12-11-22(28)30-2/h4-10,19H,11-14H2,1-3H3/t19-/m1/s1. The predicted octanol–water partition coefficient (Wildman–Crippen LogP) is 4.44. The molecule has 1 atom stereocenters. The SMILES string of the molecule is COC(=O)CCSCC(=O)N1N=C(c2ccc(Br)cc2)C[C@@H]1c1cccc(OC)c1OC. The van der Waals surface area contributed by atoms with Gasteiger partial charge in [-0.15, -0.1) is 0 Å². The van der Waals surface area contributed by atoms with Gasteiger partial charge in [0.15, 0.2) is 11.5 Å². The van der Waals surface area contributed by atoms with Gasteiger partial charge < -0.3 is 14.2 Å². The first-order chi connectivity index (χ1) is 15.5. The number of ether oxygens (including phenoxy) is 3. The van der Waals surface area contributed by atoms with E-state index in [9.17, 15) is 9.59 Å². The van der Waals surface area contributed by atoms with E-state index in [-0.39, 0.29) is 30.1 Å². The number of carbonyl (C=O) groups excluding carboxylic acids is 2. The van der Waals surface area contributed by atoms with Crippen molar-refractivity contribution in [2.45, 2.75) is 18.9 Å². The molecule has 0 bridgehead atoms. The van der Waals surface area contributed by atoms with Gasteiger partial charge >= 0.3 is 5.97 Å². The molecule has 1 aliphatic rings. The van der Waals surface area contributed by atoms with Crippen molar-refractivity contribution in [3.05, 3.63) is 58.1 Å². The number of benzene rings is 2. The molecule has 2 aromatic rings. The monoisotopic (exact) mass is 520 g/mol. The number of thioether (sulfide) groups is 1. The number of hydrogen-bond acceptors (Lipinski definition) is 7. The minimum Gasteiger partial charge on any atom is -0.493 e. The maximum atomic E-state index is 13.1. The lowest BCUT2D eigenvalue weighted by atomic mass is 9.97. The fraction of sp³-hybridized carbons (Fsp3) is 0.348. The minimum atomic E-state index is -0.326. The number of rotatable bonds is 9. The molecule has 0 saturated carbocycles. The Morgan fingerprint density at radius 3 is 2.53 bits per heavy atom. The van der Waals surface area contributed by atoms with Crippen LogP contribution in [0.2, 0.25) is 0 Å². The van der Waals surface area contributed by atoms with Gasteiger partial charge in [0.1, 0.15) is 0 Å². The molecule has 0 radical (unpaired) electrons. The Hall–Kier alpha value is -2.52. The average Bonchev–Trinajstić information content (AvgIpc) is 3.26. The lowest BCUT2D eigenvalue weighted by Gasteiger charge is -2.24. The Morgan fingerprint density at radius 2 is 1.88 bits per heavy atom. The Morgan fingerprint density at radius 1 is 1.12 bits per heavy atom. The zero-order valence-corrected chi connectivity index (χ0v) is 20.6. The summed E-state index contributed by atoms with van der Waals surface area (Å²) in [4.78, 5) is 24.5. The van der Waals surface area contributed by atoms with Gasteiger partial charge in [-0.05, 0) is 23.8 Å². The Kier molecular flexibility index (Phi) is 8.58. The molecule has 9 heteroatoms. The molecule has 0 fully saturated rings. The Balaban J connectivity index is 1.87. The van der Waals surface area contributed by atoms with Crippen LogP contribution in [-0.2, 0) is 14.3 Å². The first-order valence-corrected chi connectivity index (χ1v) is 11.9. The largest absolute Gasteiger partial charge is 0.493 e. The van der Waals surface area contributed by atoms with Crippen LogP contribution in [0.4, 0.5) is 0 Å². The third-order valence-corrected chi connectivity index (χ3v) is 6.51. The molecule has 1 amide bonds. The topological polar surface area (TPSA) is 77.4 Å². The van der Waals surface area contributed by atoms with Gasteiger partial charge in [0.2, 0.25) is 0 Å². The van der Waals surface area contributed by atoms with E-state index in [1.807, 2.05) is 42.5 Å². The minimum absolute atomic E-state index is 0.137. The van der Waals surface area contributed by atoms with Gasteiger partial charge in [-0.3, -0.25) is 9.59 Å². The molecule has 1 heterocycles.